The molecular formula is C11H11N5O2. The van der Waals surface area contributed by atoms with Crippen LogP contribution in [0.5, 0.6) is 0 Å². The second-order valence-electron chi connectivity index (χ2n) is 3.68. The monoisotopic (exact) mass is 245 g/mol. The second-order valence-corrected chi connectivity index (χ2v) is 3.68. The quantitative estimate of drug-likeness (QED) is 0.650. The summed E-state index contributed by atoms with van der Waals surface area (Å²) in [6.45, 7) is 2.14. The summed E-state index contributed by atoms with van der Waals surface area (Å²) in [5.41, 5.74) is 1.35. The van der Waals surface area contributed by atoms with Gasteiger partial charge in [0.25, 0.3) is 5.69 Å². The summed E-state index contributed by atoms with van der Waals surface area (Å²) in [6.07, 6.45) is 2.84. The molecule has 2 aromatic heterocycles. The van der Waals surface area contributed by atoms with Crippen LogP contribution in [0.25, 0.3) is 0 Å². The Bertz CT molecular complexity index is 559. The first-order valence-electron chi connectivity index (χ1n) is 5.28. The average molecular weight is 245 g/mol. The highest BCUT2D eigenvalue weighted by atomic mass is 16.6. The molecule has 0 aliphatic carbocycles. The number of nitrogens with zero attached hydrogens (tertiary/aromatic N) is 4. The summed E-state index contributed by atoms with van der Waals surface area (Å²) in [5, 5.41) is 21.3. The predicted molar refractivity (Wildman–Crippen MR) is 65.0 cm³/mol. The van der Waals surface area contributed by atoms with E-state index < -0.39 is 4.92 Å². The molecule has 0 aliphatic heterocycles. The maximum absolute atomic E-state index is 10.6. The summed E-state index contributed by atoms with van der Waals surface area (Å²) in [7, 11) is 0. The molecule has 2 rings (SSSR count). The highest BCUT2D eigenvalue weighted by molar-refractivity contribution is 5.46. The molecule has 2 aromatic rings. The number of nitro groups is 1. The molecule has 1 N–H and O–H groups in total. The lowest BCUT2D eigenvalue weighted by Crippen LogP contribution is -2.04. The molecule has 0 aliphatic rings. The summed E-state index contributed by atoms with van der Waals surface area (Å²) < 4.78 is 0. The van der Waals surface area contributed by atoms with Gasteiger partial charge in [-0.15, -0.1) is 0 Å². The number of nitrogens with one attached hydrogen (secondary N) is 1. The van der Waals surface area contributed by atoms with Gasteiger partial charge >= 0.3 is 0 Å². The van der Waals surface area contributed by atoms with E-state index in [0.29, 0.717) is 17.9 Å². The van der Waals surface area contributed by atoms with E-state index in [2.05, 4.69) is 20.5 Å². The minimum atomic E-state index is -0.450. The third-order valence-corrected chi connectivity index (χ3v) is 2.36. The molecule has 92 valence electrons. The van der Waals surface area contributed by atoms with Gasteiger partial charge in [-0.1, -0.05) is 0 Å². The summed E-state index contributed by atoms with van der Waals surface area (Å²) in [5.74, 6) is 0.573. The van der Waals surface area contributed by atoms with E-state index in [1.54, 1.807) is 25.3 Å². The van der Waals surface area contributed by atoms with Crippen LogP contribution in [0.4, 0.5) is 11.5 Å². The summed E-state index contributed by atoms with van der Waals surface area (Å²) in [4.78, 5) is 14.2. The van der Waals surface area contributed by atoms with E-state index in [9.17, 15) is 10.1 Å². The van der Waals surface area contributed by atoms with Crippen molar-refractivity contribution in [3.8, 4) is 0 Å². The largest absolute Gasteiger partial charge is 0.364 e. The SMILES string of the molecule is Cc1cc(NCc2cccnn2)ncc1[N+](=O)[O-]. The molecule has 7 heteroatoms. The van der Waals surface area contributed by atoms with Gasteiger partial charge in [-0.25, -0.2) is 4.98 Å². The Morgan fingerprint density at radius 3 is 2.94 bits per heavy atom. The fourth-order valence-electron chi connectivity index (χ4n) is 1.45. The molecule has 7 nitrogen and oxygen atoms in total. The zero-order chi connectivity index (χ0) is 13.0. The van der Waals surface area contributed by atoms with Gasteiger partial charge in [0.05, 0.1) is 17.2 Å². The molecule has 0 bridgehead atoms. The second kappa shape index (κ2) is 5.17. The lowest BCUT2D eigenvalue weighted by molar-refractivity contribution is -0.385. The number of aryl methyl sites for hydroxylation is 1. The summed E-state index contributed by atoms with van der Waals surface area (Å²) in [6, 6.07) is 5.26. The lowest BCUT2D eigenvalue weighted by Gasteiger charge is -2.05. The first-order valence-corrected chi connectivity index (χ1v) is 5.28. The maximum atomic E-state index is 10.6. The van der Waals surface area contributed by atoms with Crippen LogP contribution in [0.1, 0.15) is 11.3 Å². The molecule has 0 spiro atoms. The number of anilines is 1. The Labute approximate surface area is 103 Å². The smallest absolute Gasteiger partial charge is 0.290 e. The van der Waals surface area contributed by atoms with Crippen LogP contribution in [0.2, 0.25) is 0 Å². The van der Waals surface area contributed by atoms with Gasteiger partial charge in [0.15, 0.2) is 0 Å². The third kappa shape index (κ3) is 2.76. The Morgan fingerprint density at radius 2 is 2.33 bits per heavy atom. The highest BCUT2D eigenvalue weighted by Crippen LogP contribution is 2.18. The van der Waals surface area contributed by atoms with Crippen molar-refractivity contribution in [1.82, 2.24) is 15.2 Å². The van der Waals surface area contributed by atoms with Crippen LogP contribution in [0.3, 0.4) is 0 Å². The van der Waals surface area contributed by atoms with Crippen molar-refractivity contribution >= 4 is 11.5 Å². The first-order chi connectivity index (χ1) is 8.66. The van der Waals surface area contributed by atoms with Crippen molar-refractivity contribution in [3.05, 3.63) is 52.0 Å². The molecule has 0 fully saturated rings. The Hall–Kier alpha value is -2.57. The fraction of sp³-hybridized carbons (Fsp3) is 0.182. The van der Waals surface area contributed by atoms with Gasteiger partial charge in [0.1, 0.15) is 12.0 Å². The Balaban J connectivity index is 2.07. The minimum absolute atomic E-state index is 0.0139. The van der Waals surface area contributed by atoms with Crippen LogP contribution in [-0.4, -0.2) is 20.1 Å². The topological polar surface area (TPSA) is 93.8 Å². The van der Waals surface area contributed by atoms with Crippen molar-refractivity contribution in [2.24, 2.45) is 0 Å². The molecular weight excluding hydrogens is 234 g/mol. The van der Waals surface area contributed by atoms with Crippen LogP contribution in [-0.2, 0) is 6.54 Å². The van der Waals surface area contributed by atoms with Crippen molar-refractivity contribution in [2.45, 2.75) is 13.5 Å². The molecule has 0 unspecified atom stereocenters. The fourth-order valence-corrected chi connectivity index (χ4v) is 1.45. The van der Waals surface area contributed by atoms with Gasteiger partial charge in [-0.05, 0) is 25.1 Å². The highest BCUT2D eigenvalue weighted by Gasteiger charge is 2.11. The minimum Gasteiger partial charge on any atom is -0.364 e. The molecule has 18 heavy (non-hydrogen) atoms. The van der Waals surface area contributed by atoms with E-state index in [1.807, 2.05) is 6.07 Å². The van der Waals surface area contributed by atoms with Crippen LogP contribution in [0.15, 0.2) is 30.6 Å². The zero-order valence-electron chi connectivity index (χ0n) is 9.70. The van der Waals surface area contributed by atoms with Gasteiger partial charge in [0, 0.05) is 11.8 Å². The Morgan fingerprint density at radius 1 is 1.50 bits per heavy atom. The van der Waals surface area contributed by atoms with Crippen molar-refractivity contribution in [1.29, 1.82) is 0 Å². The van der Waals surface area contributed by atoms with Crippen LogP contribution in [0, 0.1) is 17.0 Å². The molecule has 0 saturated heterocycles. The molecule has 0 saturated carbocycles. The maximum Gasteiger partial charge on any atom is 0.290 e. The lowest BCUT2D eigenvalue weighted by atomic mass is 10.2. The third-order valence-electron chi connectivity index (χ3n) is 2.36. The number of pyridine rings is 1. The van der Waals surface area contributed by atoms with Crippen molar-refractivity contribution in [2.75, 3.05) is 5.32 Å². The van der Waals surface area contributed by atoms with E-state index in [4.69, 9.17) is 0 Å². The molecule has 2 heterocycles. The standard InChI is InChI=1S/C11H11N5O2/c1-8-5-11(13-7-10(8)16(17)18)12-6-9-3-2-4-14-15-9/h2-5,7H,6H2,1H3,(H,12,13). The van der Waals surface area contributed by atoms with E-state index in [1.165, 1.54) is 6.20 Å². The molecule has 0 atom stereocenters. The normalized spacial score (nSPS) is 10.1. The summed E-state index contributed by atoms with van der Waals surface area (Å²) >= 11 is 0. The predicted octanol–water partition coefficient (Wildman–Crippen LogP) is 1.70. The van der Waals surface area contributed by atoms with Crippen LogP contribution < -0.4 is 5.32 Å². The molecule has 0 radical (unpaired) electrons. The van der Waals surface area contributed by atoms with Gasteiger partial charge in [-0.2, -0.15) is 10.2 Å². The van der Waals surface area contributed by atoms with E-state index in [-0.39, 0.29) is 5.69 Å². The average Bonchev–Trinajstić information content (AvgIpc) is 2.37. The van der Waals surface area contributed by atoms with Gasteiger partial charge in [-0.3, -0.25) is 10.1 Å². The van der Waals surface area contributed by atoms with Crippen LogP contribution >= 0.6 is 0 Å². The van der Waals surface area contributed by atoms with E-state index >= 15 is 0 Å². The van der Waals surface area contributed by atoms with Crippen molar-refractivity contribution in [3.63, 3.8) is 0 Å². The van der Waals surface area contributed by atoms with Crippen molar-refractivity contribution < 1.29 is 4.92 Å². The van der Waals surface area contributed by atoms with Gasteiger partial charge in [0.2, 0.25) is 0 Å². The molecule has 0 amide bonds. The van der Waals surface area contributed by atoms with E-state index in [0.717, 1.165) is 5.69 Å². The molecule has 0 aromatic carbocycles. The van der Waals surface area contributed by atoms with Gasteiger partial charge < -0.3 is 5.32 Å². The Kier molecular flexibility index (Phi) is 3.42. The first kappa shape index (κ1) is 11.9. The number of hydrogen-bond donors (Lipinski definition) is 1. The number of hydrogen-bond acceptors (Lipinski definition) is 6. The number of rotatable bonds is 4. The zero-order valence-corrected chi connectivity index (χ0v) is 9.70. The number of aromatic nitrogens is 3.